The fraction of sp³-hybridized carbons (Fsp3) is 0.200. The van der Waals surface area contributed by atoms with Crippen LogP contribution in [0.4, 0.5) is 11.4 Å². The predicted molar refractivity (Wildman–Crippen MR) is 107 cm³/mol. The third kappa shape index (κ3) is 3.03. The van der Waals surface area contributed by atoms with Gasteiger partial charge in [-0.2, -0.15) is 9.78 Å². The molecule has 0 N–H and O–H groups in total. The van der Waals surface area contributed by atoms with Gasteiger partial charge in [0.05, 0.1) is 28.5 Å². The van der Waals surface area contributed by atoms with E-state index in [1.54, 1.807) is 6.20 Å². The number of nitrogens with zero attached hydrogens (tertiary/aromatic N) is 4. The highest BCUT2D eigenvalue weighted by molar-refractivity contribution is 6.33. The topological polar surface area (TPSA) is 81.3 Å². The van der Waals surface area contributed by atoms with Gasteiger partial charge in [0.2, 0.25) is 0 Å². The number of hydrogen-bond acceptors (Lipinski definition) is 5. The highest BCUT2D eigenvalue weighted by Crippen LogP contribution is 2.38. The van der Waals surface area contributed by atoms with E-state index in [0.717, 1.165) is 17.5 Å². The Labute approximate surface area is 165 Å². The van der Waals surface area contributed by atoms with Crippen LogP contribution in [0.2, 0.25) is 5.02 Å². The quantitative estimate of drug-likeness (QED) is 0.493. The van der Waals surface area contributed by atoms with Gasteiger partial charge in [0, 0.05) is 19.2 Å². The van der Waals surface area contributed by atoms with Crippen LogP contribution in [0, 0.1) is 10.1 Å². The van der Waals surface area contributed by atoms with E-state index in [1.807, 2.05) is 24.1 Å². The smallest absolute Gasteiger partial charge is 0.292 e. The Bertz CT molecular complexity index is 1110. The second-order valence-electron chi connectivity index (χ2n) is 6.70. The van der Waals surface area contributed by atoms with Crippen LogP contribution in [-0.2, 0) is 6.42 Å². The Morgan fingerprint density at radius 2 is 1.93 bits per heavy atom. The Balaban J connectivity index is 1.68. The van der Waals surface area contributed by atoms with Crippen LogP contribution in [0.3, 0.4) is 0 Å². The number of rotatable bonds is 4. The van der Waals surface area contributed by atoms with Gasteiger partial charge in [0.15, 0.2) is 0 Å². The summed E-state index contributed by atoms with van der Waals surface area (Å²) >= 11 is 6.41. The number of nitro benzene ring substituents is 1. The molecule has 2 aromatic carbocycles. The van der Waals surface area contributed by atoms with Crippen LogP contribution in [0.25, 0.3) is 5.69 Å². The number of nitro groups is 1. The zero-order valence-electron chi connectivity index (χ0n) is 15.1. The fourth-order valence-electron chi connectivity index (χ4n) is 3.67. The highest BCUT2D eigenvalue weighted by Gasteiger charge is 2.27. The molecule has 7 nitrogen and oxygen atoms in total. The maximum absolute atomic E-state index is 12.8. The van der Waals surface area contributed by atoms with E-state index in [0.29, 0.717) is 11.4 Å². The van der Waals surface area contributed by atoms with Crippen LogP contribution in [0.5, 0.6) is 0 Å². The third-order valence-corrected chi connectivity index (χ3v) is 5.51. The maximum atomic E-state index is 12.8. The Morgan fingerprint density at radius 1 is 1.21 bits per heavy atom. The molecule has 28 heavy (non-hydrogen) atoms. The molecule has 0 fully saturated rings. The van der Waals surface area contributed by atoms with Crippen LogP contribution < -0.4 is 10.5 Å². The lowest BCUT2D eigenvalue weighted by Gasteiger charge is -2.28. The summed E-state index contributed by atoms with van der Waals surface area (Å²) in [5.41, 5.74) is 3.00. The van der Waals surface area contributed by atoms with Crippen molar-refractivity contribution in [3.63, 3.8) is 0 Å². The molecular weight excluding hydrogens is 380 g/mol. The number of hydrogen-bond donors (Lipinski definition) is 0. The van der Waals surface area contributed by atoms with E-state index in [2.05, 4.69) is 17.2 Å². The molecule has 1 aliphatic rings. The summed E-state index contributed by atoms with van der Waals surface area (Å²) in [5, 5.41) is 15.1. The largest absolute Gasteiger partial charge is 0.365 e. The SMILES string of the molecule is CN(c1cnn(-c2ccc([N+](=O)[O-])cc2)c(=O)c1Cl)C1CCc2ccccc21. The predicted octanol–water partition coefficient (Wildman–Crippen LogP) is 3.92. The van der Waals surface area contributed by atoms with Crippen molar-refractivity contribution in [3.05, 3.63) is 91.3 Å². The number of fused-ring (bicyclic) bond motifs is 1. The minimum Gasteiger partial charge on any atom is -0.365 e. The zero-order chi connectivity index (χ0) is 19.8. The Kier molecular flexibility index (Phi) is 4.60. The number of non-ortho nitro benzene ring substituents is 1. The Morgan fingerprint density at radius 3 is 2.64 bits per heavy atom. The molecule has 0 saturated carbocycles. The van der Waals surface area contributed by atoms with Gasteiger partial charge in [0.1, 0.15) is 5.02 Å². The van der Waals surface area contributed by atoms with Gasteiger partial charge in [0.25, 0.3) is 11.2 Å². The van der Waals surface area contributed by atoms with Gasteiger partial charge in [-0.05, 0) is 36.1 Å². The van der Waals surface area contributed by atoms with Gasteiger partial charge < -0.3 is 4.90 Å². The standard InChI is InChI=1S/C20H17ClN4O3/c1-23(17-11-6-13-4-2-3-5-16(13)17)18-12-22-24(20(26)19(18)21)14-7-9-15(10-8-14)25(27)28/h2-5,7-10,12,17H,6,11H2,1H3. The minimum absolute atomic E-state index is 0.0563. The lowest BCUT2D eigenvalue weighted by Crippen LogP contribution is -2.28. The van der Waals surface area contributed by atoms with E-state index in [-0.39, 0.29) is 16.8 Å². The van der Waals surface area contributed by atoms with Crippen molar-refractivity contribution in [1.82, 2.24) is 9.78 Å². The van der Waals surface area contributed by atoms with Crippen molar-refractivity contribution < 1.29 is 4.92 Å². The summed E-state index contributed by atoms with van der Waals surface area (Å²) in [6, 6.07) is 14.0. The van der Waals surface area contributed by atoms with Crippen LogP contribution >= 0.6 is 11.6 Å². The number of anilines is 1. The fourth-order valence-corrected chi connectivity index (χ4v) is 3.94. The summed E-state index contributed by atoms with van der Waals surface area (Å²) in [7, 11) is 1.91. The Hall–Kier alpha value is -3.19. The van der Waals surface area contributed by atoms with Crippen molar-refractivity contribution >= 4 is 23.0 Å². The highest BCUT2D eigenvalue weighted by atomic mass is 35.5. The van der Waals surface area contributed by atoms with Crippen molar-refractivity contribution in [1.29, 1.82) is 0 Å². The summed E-state index contributed by atoms with van der Waals surface area (Å²) in [4.78, 5) is 25.1. The summed E-state index contributed by atoms with van der Waals surface area (Å²) in [5.74, 6) is 0. The number of halogens is 1. The molecule has 1 atom stereocenters. The molecule has 0 saturated heterocycles. The second kappa shape index (κ2) is 7.09. The molecule has 8 heteroatoms. The summed E-state index contributed by atoms with van der Waals surface area (Å²) in [6.07, 6.45) is 3.49. The number of aromatic nitrogens is 2. The monoisotopic (exact) mass is 396 g/mol. The number of aryl methyl sites for hydroxylation is 1. The molecule has 4 rings (SSSR count). The van der Waals surface area contributed by atoms with Gasteiger partial charge in [-0.3, -0.25) is 14.9 Å². The molecule has 1 heterocycles. The van der Waals surface area contributed by atoms with Crippen LogP contribution in [0.1, 0.15) is 23.6 Å². The molecule has 0 spiro atoms. The first-order valence-corrected chi connectivity index (χ1v) is 9.18. The molecule has 0 amide bonds. The molecule has 0 radical (unpaired) electrons. The normalized spacial score (nSPS) is 15.3. The molecule has 3 aromatic rings. The first kappa shape index (κ1) is 18.2. The average molecular weight is 397 g/mol. The summed E-state index contributed by atoms with van der Waals surface area (Å²) in [6.45, 7) is 0. The van der Waals surface area contributed by atoms with E-state index in [4.69, 9.17) is 11.6 Å². The average Bonchev–Trinajstić information content (AvgIpc) is 3.14. The second-order valence-corrected chi connectivity index (χ2v) is 7.08. The third-order valence-electron chi connectivity index (χ3n) is 5.15. The van der Waals surface area contributed by atoms with E-state index < -0.39 is 10.5 Å². The van der Waals surface area contributed by atoms with Crippen LogP contribution in [-0.4, -0.2) is 21.8 Å². The van der Waals surface area contributed by atoms with Crippen molar-refractivity contribution in [2.75, 3.05) is 11.9 Å². The first-order valence-electron chi connectivity index (χ1n) is 8.80. The molecule has 0 aliphatic heterocycles. The molecule has 1 aromatic heterocycles. The molecule has 0 bridgehead atoms. The van der Waals surface area contributed by atoms with Crippen molar-refractivity contribution in [2.24, 2.45) is 0 Å². The van der Waals surface area contributed by atoms with Crippen LogP contribution in [0.15, 0.2) is 59.5 Å². The van der Waals surface area contributed by atoms with E-state index >= 15 is 0 Å². The molecule has 1 unspecified atom stereocenters. The van der Waals surface area contributed by atoms with Crippen molar-refractivity contribution in [3.8, 4) is 5.69 Å². The van der Waals surface area contributed by atoms with Gasteiger partial charge in [-0.1, -0.05) is 35.9 Å². The summed E-state index contributed by atoms with van der Waals surface area (Å²) < 4.78 is 1.14. The van der Waals surface area contributed by atoms with Gasteiger partial charge in [-0.25, -0.2) is 0 Å². The molecule has 142 valence electrons. The van der Waals surface area contributed by atoms with Crippen molar-refractivity contribution in [2.45, 2.75) is 18.9 Å². The lowest BCUT2D eigenvalue weighted by atomic mass is 10.1. The lowest BCUT2D eigenvalue weighted by molar-refractivity contribution is -0.384. The van der Waals surface area contributed by atoms with E-state index in [9.17, 15) is 14.9 Å². The van der Waals surface area contributed by atoms with Gasteiger partial charge in [-0.15, -0.1) is 0 Å². The van der Waals surface area contributed by atoms with Gasteiger partial charge >= 0.3 is 0 Å². The maximum Gasteiger partial charge on any atom is 0.292 e. The first-order chi connectivity index (χ1) is 13.5. The minimum atomic E-state index is -0.496. The zero-order valence-corrected chi connectivity index (χ0v) is 15.8. The molecular formula is C20H17ClN4O3. The number of benzene rings is 2. The molecule has 1 aliphatic carbocycles. The van der Waals surface area contributed by atoms with E-state index in [1.165, 1.54) is 35.4 Å².